The number of rotatable bonds is 0. The molecule has 4 nitrogen and oxygen atoms in total. The summed E-state index contributed by atoms with van der Waals surface area (Å²) in [6.07, 6.45) is 0. The Morgan fingerprint density at radius 3 is 0.875 bits per heavy atom. The fourth-order valence-corrected chi connectivity index (χ4v) is 0. The fraction of sp³-hybridized carbons (Fsp3) is 1.00. The van der Waals surface area contributed by atoms with Crippen molar-refractivity contribution in [2.24, 2.45) is 0 Å². The Balaban J connectivity index is -0.0000000267. The SMILES string of the molecule is C[N+](C)(C)C.N.O.[OH-]. The monoisotopic (exact) mass is 126 g/mol. The molecule has 6 N–H and O–H groups in total. The van der Waals surface area contributed by atoms with Crippen LogP contribution >= 0.6 is 0 Å². The molecule has 0 spiro atoms. The number of hydrogen-bond donors (Lipinski definition) is 1. The molecule has 0 aromatic carbocycles. The summed E-state index contributed by atoms with van der Waals surface area (Å²) < 4.78 is 1.00. The standard InChI is InChI=1S/C4H12N.H3N.2H2O/c1-5(2,3)4;;;/h1-4H3;1H3;2*1H2/q+1;;;/p-1. The maximum atomic E-state index is 2.12. The first-order chi connectivity index (χ1) is 2.00. The molecule has 0 aliphatic rings. The first-order valence-corrected chi connectivity index (χ1v) is 1.79. The second kappa shape index (κ2) is 6.84. The summed E-state index contributed by atoms with van der Waals surface area (Å²) in [5.74, 6) is 0. The topological polar surface area (TPSA) is 96.5 Å². The molecule has 0 amide bonds. The Kier molecular flexibility index (Phi) is 21.3. The predicted octanol–water partition coefficient (Wildman–Crippen LogP) is -0.517. The lowest BCUT2D eigenvalue weighted by Crippen LogP contribution is -2.27. The summed E-state index contributed by atoms with van der Waals surface area (Å²) >= 11 is 0. The Hall–Kier alpha value is -0.160. The Labute approximate surface area is 50.9 Å². The first kappa shape index (κ1) is 24.9. The first-order valence-electron chi connectivity index (χ1n) is 1.79. The van der Waals surface area contributed by atoms with E-state index < -0.39 is 0 Å². The van der Waals surface area contributed by atoms with E-state index in [-0.39, 0.29) is 17.1 Å². The van der Waals surface area contributed by atoms with E-state index in [0.717, 1.165) is 4.48 Å². The van der Waals surface area contributed by atoms with Crippen LogP contribution in [0, 0.1) is 0 Å². The molecule has 0 heterocycles. The quantitative estimate of drug-likeness (QED) is 0.442. The fourth-order valence-electron chi connectivity index (χ4n) is 0. The molecule has 0 atom stereocenters. The van der Waals surface area contributed by atoms with Gasteiger partial charge in [0, 0.05) is 0 Å². The van der Waals surface area contributed by atoms with Gasteiger partial charge in [-0.25, -0.2) is 0 Å². The molecule has 0 saturated carbocycles. The van der Waals surface area contributed by atoms with Gasteiger partial charge in [-0.3, -0.25) is 0 Å². The molecule has 0 aromatic rings. The Morgan fingerprint density at radius 1 is 0.875 bits per heavy atom. The van der Waals surface area contributed by atoms with Crippen LogP contribution in [-0.4, -0.2) is 43.6 Å². The summed E-state index contributed by atoms with van der Waals surface area (Å²) in [6, 6.07) is 0. The van der Waals surface area contributed by atoms with Crippen molar-refractivity contribution in [3.63, 3.8) is 0 Å². The zero-order valence-electron chi connectivity index (χ0n) is 6.10. The Bertz CT molecular complexity index is 27.5. The summed E-state index contributed by atoms with van der Waals surface area (Å²) in [5, 5.41) is 0. The van der Waals surface area contributed by atoms with Crippen molar-refractivity contribution in [1.82, 2.24) is 6.15 Å². The van der Waals surface area contributed by atoms with Gasteiger partial charge in [0.2, 0.25) is 0 Å². The van der Waals surface area contributed by atoms with Gasteiger partial charge in [-0.2, -0.15) is 0 Å². The summed E-state index contributed by atoms with van der Waals surface area (Å²) in [4.78, 5) is 0. The lowest BCUT2D eigenvalue weighted by molar-refractivity contribution is -0.849. The predicted molar refractivity (Wildman–Crippen MR) is 34.5 cm³/mol. The zero-order valence-corrected chi connectivity index (χ0v) is 6.10. The van der Waals surface area contributed by atoms with Gasteiger partial charge in [0.05, 0.1) is 28.2 Å². The van der Waals surface area contributed by atoms with E-state index in [2.05, 4.69) is 28.2 Å². The van der Waals surface area contributed by atoms with Gasteiger partial charge in [-0.15, -0.1) is 0 Å². The minimum absolute atomic E-state index is 0. The van der Waals surface area contributed by atoms with Crippen molar-refractivity contribution in [3.8, 4) is 0 Å². The van der Waals surface area contributed by atoms with Crippen LogP contribution in [0.1, 0.15) is 0 Å². The van der Waals surface area contributed by atoms with Crippen molar-refractivity contribution < 1.29 is 15.4 Å². The minimum atomic E-state index is 0. The van der Waals surface area contributed by atoms with Crippen molar-refractivity contribution in [3.05, 3.63) is 0 Å². The normalized spacial score (nSPS) is 7.50. The molecule has 0 radical (unpaired) electrons. The molecule has 56 valence electrons. The van der Waals surface area contributed by atoms with Crippen LogP contribution in [0.15, 0.2) is 0 Å². The van der Waals surface area contributed by atoms with E-state index in [4.69, 9.17) is 0 Å². The van der Waals surface area contributed by atoms with Gasteiger partial charge in [-0.1, -0.05) is 0 Å². The summed E-state index contributed by atoms with van der Waals surface area (Å²) in [5.41, 5.74) is 0. The number of hydrogen-bond acceptors (Lipinski definition) is 2. The van der Waals surface area contributed by atoms with Gasteiger partial charge < -0.3 is 21.6 Å². The lowest BCUT2D eigenvalue weighted by Gasteiger charge is -2.14. The van der Waals surface area contributed by atoms with Crippen LogP contribution in [0.3, 0.4) is 0 Å². The Morgan fingerprint density at radius 2 is 0.875 bits per heavy atom. The second-order valence-corrected chi connectivity index (χ2v) is 2.68. The van der Waals surface area contributed by atoms with Gasteiger partial charge >= 0.3 is 0 Å². The third kappa shape index (κ3) is 5340. The van der Waals surface area contributed by atoms with Crippen LogP contribution in [0.25, 0.3) is 0 Å². The van der Waals surface area contributed by atoms with E-state index in [0.29, 0.717) is 0 Å². The van der Waals surface area contributed by atoms with Crippen LogP contribution in [0.5, 0.6) is 0 Å². The smallest absolute Gasteiger partial charge is 0.0675 e. The van der Waals surface area contributed by atoms with Crippen LogP contribution < -0.4 is 6.15 Å². The molecule has 0 fully saturated rings. The third-order valence-corrected chi connectivity index (χ3v) is 0. The van der Waals surface area contributed by atoms with Crippen molar-refractivity contribution in [1.29, 1.82) is 0 Å². The molecule has 4 heteroatoms. The van der Waals surface area contributed by atoms with Crippen molar-refractivity contribution in [2.75, 3.05) is 28.2 Å². The lowest BCUT2D eigenvalue weighted by atomic mass is 10.8. The average molecular weight is 126 g/mol. The average Bonchev–Trinajstić information content (AvgIpc) is 0.722. The minimum Gasteiger partial charge on any atom is -0.870 e. The number of quaternary nitrogens is 1. The second-order valence-electron chi connectivity index (χ2n) is 2.68. The molecular weight excluding hydrogens is 108 g/mol. The van der Waals surface area contributed by atoms with E-state index in [1.165, 1.54) is 0 Å². The summed E-state index contributed by atoms with van der Waals surface area (Å²) in [6.45, 7) is 0. The number of nitrogens with zero attached hydrogens (tertiary/aromatic N) is 1. The van der Waals surface area contributed by atoms with E-state index >= 15 is 0 Å². The van der Waals surface area contributed by atoms with Crippen LogP contribution in [-0.2, 0) is 0 Å². The van der Waals surface area contributed by atoms with E-state index in [1.807, 2.05) is 0 Å². The highest BCUT2D eigenvalue weighted by molar-refractivity contribution is 3.87. The highest BCUT2D eigenvalue weighted by Crippen LogP contribution is 1.73. The molecule has 0 aromatic heterocycles. The zero-order chi connectivity index (χ0) is 4.50. The van der Waals surface area contributed by atoms with Gasteiger partial charge in [0.15, 0.2) is 0 Å². The molecule has 0 unspecified atom stereocenters. The molecular formula is C4H18N2O2. The molecule has 8 heavy (non-hydrogen) atoms. The maximum Gasteiger partial charge on any atom is 0.0675 e. The van der Waals surface area contributed by atoms with Crippen LogP contribution in [0.4, 0.5) is 0 Å². The largest absolute Gasteiger partial charge is 0.870 e. The van der Waals surface area contributed by atoms with Crippen LogP contribution in [0.2, 0.25) is 0 Å². The van der Waals surface area contributed by atoms with E-state index in [9.17, 15) is 0 Å². The molecule has 0 rings (SSSR count). The van der Waals surface area contributed by atoms with E-state index in [1.54, 1.807) is 0 Å². The maximum absolute atomic E-state index is 2.12. The molecule has 0 aliphatic heterocycles. The van der Waals surface area contributed by atoms with Crippen molar-refractivity contribution in [2.45, 2.75) is 0 Å². The van der Waals surface area contributed by atoms with Crippen molar-refractivity contribution >= 4 is 0 Å². The third-order valence-electron chi connectivity index (χ3n) is 0. The van der Waals surface area contributed by atoms with Gasteiger partial charge in [0.25, 0.3) is 0 Å². The van der Waals surface area contributed by atoms with Gasteiger partial charge in [0.1, 0.15) is 0 Å². The molecule has 0 aliphatic carbocycles. The summed E-state index contributed by atoms with van der Waals surface area (Å²) in [7, 11) is 8.50. The molecule has 0 saturated heterocycles. The van der Waals surface area contributed by atoms with Gasteiger partial charge in [-0.05, 0) is 0 Å². The highest BCUT2D eigenvalue weighted by atomic mass is 16.0. The highest BCUT2D eigenvalue weighted by Gasteiger charge is 1.88. The molecule has 0 bridgehead atoms.